The van der Waals surface area contributed by atoms with Gasteiger partial charge in [-0.05, 0) is 68.7 Å². The van der Waals surface area contributed by atoms with E-state index in [1.54, 1.807) is 43.2 Å². The van der Waals surface area contributed by atoms with E-state index in [-0.39, 0.29) is 43.4 Å². The van der Waals surface area contributed by atoms with Gasteiger partial charge < -0.3 is 42.4 Å². The molecule has 8 rings (SSSR count). The van der Waals surface area contributed by atoms with Gasteiger partial charge in [-0.25, -0.2) is 18.6 Å². The number of nitriles is 1. The third kappa shape index (κ3) is 10.9. The summed E-state index contributed by atoms with van der Waals surface area (Å²) in [6.07, 6.45) is -6.05. The number of hydrogen-bond donors (Lipinski definition) is 3. The lowest BCUT2D eigenvalue weighted by Crippen LogP contribution is -2.39. The summed E-state index contributed by atoms with van der Waals surface area (Å²) >= 11 is 0. The second-order valence-electron chi connectivity index (χ2n) is 18.4. The number of nitrogens with one attached hydrogen (secondary N) is 2. The van der Waals surface area contributed by atoms with Crippen molar-refractivity contribution in [3.05, 3.63) is 173 Å². The molecule has 2 unspecified atom stereocenters. The van der Waals surface area contributed by atoms with Gasteiger partial charge in [0, 0.05) is 62.0 Å². The van der Waals surface area contributed by atoms with Crippen molar-refractivity contribution in [2.45, 2.75) is 88.7 Å². The van der Waals surface area contributed by atoms with Crippen LogP contribution in [0.25, 0.3) is 0 Å². The van der Waals surface area contributed by atoms with E-state index < -0.39 is 91.3 Å². The molecule has 74 heavy (non-hydrogen) atoms. The number of H-pyrrole nitrogens is 2. The van der Waals surface area contributed by atoms with Crippen LogP contribution in [-0.2, 0) is 35.5 Å². The number of alkyl halides is 1. The Hall–Kier alpha value is -6.67. The molecule has 0 spiro atoms. The van der Waals surface area contributed by atoms with Crippen LogP contribution in [-0.4, -0.2) is 104 Å². The SMILES string of the molecule is COc1ccc(C(OC[C@H]2O[C@@H](n3ccc(=O)[nH]c3=O)[C@H](F)[C@@H]2Cc2noc([C@H]3O[C@@H](n4ccc(=O)[nH]c4=O)[C@H](OC)[C@@H]3C(C#N)COP(O)N(C(C)C)C(C)C)n2)(c2ccccc2)c2ccc(OC)cc2)cc1. The van der Waals surface area contributed by atoms with E-state index in [0.717, 1.165) is 33.0 Å². The fourth-order valence-electron chi connectivity index (χ4n) is 9.89. The highest BCUT2D eigenvalue weighted by Gasteiger charge is 2.54. The molecule has 2 aliphatic heterocycles. The van der Waals surface area contributed by atoms with E-state index in [0.29, 0.717) is 22.6 Å². The molecule has 3 aromatic carbocycles. The second kappa shape index (κ2) is 23.3. The summed E-state index contributed by atoms with van der Waals surface area (Å²) < 4.78 is 70.2. The van der Waals surface area contributed by atoms with Crippen molar-refractivity contribution >= 4 is 8.53 Å². The summed E-state index contributed by atoms with van der Waals surface area (Å²) in [4.78, 5) is 71.0. The molecule has 0 aliphatic carbocycles. The first-order valence-corrected chi connectivity index (χ1v) is 25.0. The Bertz CT molecular complexity index is 3050. The number of benzene rings is 3. The van der Waals surface area contributed by atoms with E-state index in [1.165, 1.54) is 13.3 Å². The number of rotatable bonds is 21. The van der Waals surface area contributed by atoms with E-state index in [9.17, 15) is 29.3 Å². The first kappa shape index (κ1) is 53.6. The van der Waals surface area contributed by atoms with Crippen molar-refractivity contribution in [3.8, 4) is 17.6 Å². The predicted molar refractivity (Wildman–Crippen MR) is 265 cm³/mol. The van der Waals surface area contributed by atoms with Gasteiger partial charge in [-0.15, -0.1) is 0 Å². The third-order valence-corrected chi connectivity index (χ3v) is 15.0. The molecule has 0 saturated carbocycles. The molecule has 2 aliphatic rings. The average molecular weight is 1040 g/mol. The van der Waals surface area contributed by atoms with Crippen molar-refractivity contribution in [2.75, 3.05) is 34.5 Å². The van der Waals surface area contributed by atoms with Crippen molar-refractivity contribution < 1.29 is 46.8 Å². The van der Waals surface area contributed by atoms with Crippen molar-refractivity contribution in [3.63, 3.8) is 0 Å². The normalized spacial score (nSPS) is 22.8. The van der Waals surface area contributed by atoms with E-state index in [1.807, 2.05) is 82.3 Å². The number of hydrogen-bond acceptors (Lipinski definition) is 17. The Kier molecular flexibility index (Phi) is 16.9. The predicted octanol–water partition coefficient (Wildman–Crippen LogP) is 5.29. The van der Waals surface area contributed by atoms with Gasteiger partial charge in [-0.1, -0.05) is 59.8 Å². The first-order chi connectivity index (χ1) is 35.6. The summed E-state index contributed by atoms with van der Waals surface area (Å²) in [5.74, 6) is -2.21. The Morgan fingerprint density at radius 1 is 0.811 bits per heavy atom. The Morgan fingerprint density at radius 2 is 1.36 bits per heavy atom. The van der Waals surface area contributed by atoms with Gasteiger partial charge in [0.05, 0.1) is 45.5 Å². The number of ether oxygens (including phenoxy) is 6. The largest absolute Gasteiger partial charge is 0.497 e. The molecule has 21 nitrogen and oxygen atoms in total. The lowest BCUT2D eigenvalue weighted by molar-refractivity contribution is -0.0875. The molecule has 10 atom stereocenters. The number of aromatic nitrogens is 6. The van der Waals surface area contributed by atoms with Gasteiger partial charge in [-0.2, -0.15) is 10.2 Å². The molecular formula is C51H58FN8O13P. The van der Waals surface area contributed by atoms with Crippen LogP contribution in [0.5, 0.6) is 11.5 Å². The highest BCUT2D eigenvalue weighted by Crippen LogP contribution is 2.50. The molecule has 5 heterocycles. The molecule has 0 radical (unpaired) electrons. The van der Waals surface area contributed by atoms with Gasteiger partial charge >= 0.3 is 11.4 Å². The van der Waals surface area contributed by atoms with Gasteiger partial charge in [-0.3, -0.25) is 28.7 Å². The smallest absolute Gasteiger partial charge is 0.330 e. The van der Waals surface area contributed by atoms with Crippen LogP contribution in [0.15, 0.2) is 127 Å². The minimum absolute atomic E-state index is 0.0236. The van der Waals surface area contributed by atoms with Crippen LogP contribution in [0, 0.1) is 29.1 Å². The van der Waals surface area contributed by atoms with E-state index >= 15 is 4.39 Å². The maximum absolute atomic E-state index is 17.4. The number of aromatic amines is 2. The third-order valence-electron chi connectivity index (χ3n) is 13.3. The van der Waals surface area contributed by atoms with Crippen molar-refractivity contribution in [1.82, 2.24) is 33.9 Å². The van der Waals surface area contributed by atoms with Crippen LogP contribution in [0.2, 0.25) is 0 Å². The van der Waals surface area contributed by atoms with Gasteiger partial charge in [0.15, 0.2) is 24.5 Å². The summed E-state index contributed by atoms with van der Waals surface area (Å²) in [7, 11) is 2.32. The summed E-state index contributed by atoms with van der Waals surface area (Å²) in [5, 5.41) is 15.0. The van der Waals surface area contributed by atoms with Gasteiger partial charge in [0.2, 0.25) is 0 Å². The zero-order valence-electron chi connectivity index (χ0n) is 41.6. The van der Waals surface area contributed by atoms with Crippen LogP contribution >= 0.6 is 8.53 Å². The molecule has 0 bridgehead atoms. The molecule has 392 valence electrons. The molecule has 2 fully saturated rings. The van der Waals surface area contributed by atoms with Crippen LogP contribution in [0.1, 0.15) is 74.7 Å². The topological polar surface area (TPSA) is 261 Å². The quantitative estimate of drug-likeness (QED) is 0.0611. The Balaban J connectivity index is 1.17. The standard InChI is InChI=1S/C51H58FN8O13P/c1-29(2)60(30(3)4)74(65)70-27-31(26-53)42-44(72-48(45(42)68-7)59-24-22-41(62)56-50(59)64)46-54-39(57-73-46)25-37-38(71-47(43(37)52)58-23-21-40(61)55-49(58)63)28-69-51(32-11-9-8-10-12-32,33-13-17-35(66-5)18-14-33)34-15-19-36(67-6)20-16-34/h8-24,29-31,37-38,42-45,47-48,65H,25,27-28H2,1-7H3,(H,55,61,63)(H,56,62,64)/t31?,37-,38-,42-,43-,44+,45-,47-,48-,74?/m1/s1. The zero-order chi connectivity index (χ0) is 52.8. The average Bonchev–Trinajstić information content (AvgIpc) is 4.11. The Labute approximate surface area is 425 Å². The number of halogens is 1. The fraction of sp³-hybridized carbons (Fsp3) is 0.431. The monoisotopic (exact) mass is 1040 g/mol. The fourth-order valence-corrected chi connectivity index (χ4v) is 11.1. The summed E-state index contributed by atoms with van der Waals surface area (Å²) in [6.45, 7) is 7.04. The first-order valence-electron chi connectivity index (χ1n) is 23.8. The number of methoxy groups -OCH3 is 3. The molecule has 3 N–H and O–H groups in total. The lowest BCUT2D eigenvalue weighted by atomic mass is 9.80. The van der Waals surface area contributed by atoms with Crippen LogP contribution < -0.4 is 32.0 Å². The maximum Gasteiger partial charge on any atom is 0.330 e. The van der Waals surface area contributed by atoms with Crippen LogP contribution in [0.3, 0.4) is 0 Å². The number of nitrogens with zero attached hydrogens (tertiary/aromatic N) is 6. The summed E-state index contributed by atoms with van der Waals surface area (Å²) in [5.41, 5.74) is -2.33. The molecule has 6 aromatic rings. The Morgan fingerprint density at radius 3 is 1.88 bits per heavy atom. The lowest BCUT2D eigenvalue weighted by Gasteiger charge is -2.37. The molecule has 3 aromatic heterocycles. The zero-order valence-corrected chi connectivity index (χ0v) is 42.5. The highest BCUT2D eigenvalue weighted by molar-refractivity contribution is 7.43. The van der Waals surface area contributed by atoms with E-state index in [2.05, 4.69) is 21.2 Å². The maximum atomic E-state index is 17.4. The minimum atomic E-state index is -2.17. The highest BCUT2D eigenvalue weighted by atomic mass is 31.2. The van der Waals surface area contributed by atoms with Gasteiger partial charge in [0.1, 0.15) is 29.3 Å². The minimum Gasteiger partial charge on any atom is -0.497 e. The van der Waals surface area contributed by atoms with Crippen molar-refractivity contribution in [1.29, 1.82) is 5.26 Å². The van der Waals surface area contributed by atoms with E-state index in [4.69, 9.17) is 42.5 Å². The van der Waals surface area contributed by atoms with Gasteiger partial charge in [0.25, 0.3) is 25.5 Å². The molecular weight excluding hydrogens is 983 g/mol. The molecule has 0 amide bonds. The summed E-state index contributed by atoms with van der Waals surface area (Å²) in [6, 6.07) is 28.4. The molecule has 23 heteroatoms. The molecule has 2 saturated heterocycles. The second-order valence-corrected chi connectivity index (χ2v) is 19.6. The van der Waals surface area contributed by atoms with Crippen molar-refractivity contribution in [2.24, 2.45) is 17.8 Å². The van der Waals surface area contributed by atoms with Crippen LogP contribution in [0.4, 0.5) is 4.39 Å².